The van der Waals surface area contributed by atoms with Crippen LogP contribution in [0.5, 0.6) is 0 Å². The SMILES string of the molecule is CC(C)CC(F)(F)CC(F)(F)CC(F)(F)CC(F)(F)CC(F)(F)CC(F)(F)C(F)(F)F. The lowest BCUT2D eigenvalue weighted by Gasteiger charge is -2.31. The summed E-state index contributed by atoms with van der Waals surface area (Å²) in [6, 6.07) is 0. The summed E-state index contributed by atoms with van der Waals surface area (Å²) in [6.45, 7) is 2.40. The summed E-state index contributed by atoms with van der Waals surface area (Å²) in [5, 5.41) is 0. The molecule has 188 valence electrons. The summed E-state index contributed by atoms with van der Waals surface area (Å²) < 4.78 is 196. The highest BCUT2D eigenvalue weighted by molar-refractivity contribution is 4.91. The van der Waals surface area contributed by atoms with Crippen LogP contribution < -0.4 is 0 Å². The minimum absolute atomic E-state index is 0.840. The van der Waals surface area contributed by atoms with Gasteiger partial charge in [0.2, 0.25) is 0 Å². The van der Waals surface area contributed by atoms with E-state index in [0.717, 1.165) is 0 Å². The first-order valence-corrected chi connectivity index (χ1v) is 8.54. The van der Waals surface area contributed by atoms with Crippen LogP contribution in [0.3, 0.4) is 0 Å². The molecule has 15 heteroatoms. The maximum absolute atomic E-state index is 13.6. The van der Waals surface area contributed by atoms with Gasteiger partial charge in [0, 0.05) is 6.42 Å². The van der Waals surface area contributed by atoms with Crippen molar-refractivity contribution in [1.82, 2.24) is 0 Å². The van der Waals surface area contributed by atoms with Crippen molar-refractivity contribution in [2.45, 2.75) is 94.1 Å². The molecule has 0 unspecified atom stereocenters. The quantitative estimate of drug-likeness (QED) is 0.238. The summed E-state index contributed by atoms with van der Waals surface area (Å²) in [5.41, 5.74) is 0. The molecule has 0 aromatic heterocycles. The second kappa shape index (κ2) is 9.06. The number of hydrogen-bond donors (Lipinski definition) is 0. The molecule has 0 heterocycles. The monoisotopic (exact) mass is 496 g/mol. The summed E-state index contributed by atoms with van der Waals surface area (Å²) >= 11 is 0. The number of alkyl halides is 15. The minimum Gasteiger partial charge on any atom is -0.207 e. The molecule has 31 heavy (non-hydrogen) atoms. The third-order valence-corrected chi connectivity index (χ3v) is 3.67. The van der Waals surface area contributed by atoms with Crippen molar-refractivity contribution in [3.8, 4) is 0 Å². The molecule has 0 fully saturated rings. The normalized spacial score (nSPS) is 15.7. The predicted molar refractivity (Wildman–Crippen MR) is 78.3 cm³/mol. The Hall–Kier alpha value is -1.05. The third kappa shape index (κ3) is 11.4. The Balaban J connectivity index is 5.26. The Morgan fingerprint density at radius 2 is 0.677 bits per heavy atom. The maximum atomic E-state index is 13.6. The molecule has 0 aliphatic rings. The molecule has 0 bridgehead atoms. The van der Waals surface area contributed by atoms with Gasteiger partial charge in [-0.15, -0.1) is 0 Å². The van der Waals surface area contributed by atoms with Crippen LogP contribution in [0, 0.1) is 5.92 Å². The molecule has 0 rings (SSSR count). The first-order valence-electron chi connectivity index (χ1n) is 8.54. The zero-order valence-corrected chi connectivity index (χ0v) is 16.0. The van der Waals surface area contributed by atoms with Crippen LogP contribution in [-0.2, 0) is 0 Å². The van der Waals surface area contributed by atoms with Crippen LogP contribution in [0.25, 0.3) is 0 Å². The van der Waals surface area contributed by atoms with Crippen molar-refractivity contribution in [2.75, 3.05) is 0 Å². The average molecular weight is 496 g/mol. The van der Waals surface area contributed by atoms with E-state index in [2.05, 4.69) is 0 Å². The number of rotatable bonds is 12. The second-order valence-corrected chi connectivity index (χ2v) is 7.96. The Labute approximate surface area is 167 Å². The molecule has 0 amide bonds. The molecule has 0 aromatic rings. The van der Waals surface area contributed by atoms with E-state index >= 15 is 0 Å². The third-order valence-electron chi connectivity index (χ3n) is 3.67. The van der Waals surface area contributed by atoms with Crippen LogP contribution in [0.4, 0.5) is 65.9 Å². The molecule has 0 saturated carbocycles. The summed E-state index contributed by atoms with van der Waals surface area (Å²) in [6.07, 6.45) is -22.8. The van der Waals surface area contributed by atoms with E-state index in [-0.39, 0.29) is 0 Å². The molecule has 0 aliphatic carbocycles. The van der Waals surface area contributed by atoms with E-state index in [9.17, 15) is 65.9 Å². The van der Waals surface area contributed by atoms with Gasteiger partial charge in [-0.05, 0) is 5.92 Å². The molecule has 0 N–H and O–H groups in total. The lowest BCUT2D eigenvalue weighted by atomic mass is 9.93. The minimum atomic E-state index is -6.54. The van der Waals surface area contributed by atoms with Crippen LogP contribution in [0.15, 0.2) is 0 Å². The van der Waals surface area contributed by atoms with Crippen molar-refractivity contribution >= 4 is 0 Å². The van der Waals surface area contributed by atoms with Crippen LogP contribution in [0.2, 0.25) is 0 Å². The van der Waals surface area contributed by atoms with E-state index in [4.69, 9.17) is 0 Å². The Bertz CT molecular complexity index is 574. The largest absolute Gasteiger partial charge is 0.453 e. The molecular formula is C16H19F15. The first-order chi connectivity index (χ1) is 13.2. The summed E-state index contributed by atoms with van der Waals surface area (Å²) in [5.74, 6) is -32.1. The highest BCUT2D eigenvalue weighted by Crippen LogP contribution is 2.49. The molecule has 0 nitrogen and oxygen atoms in total. The predicted octanol–water partition coefficient (Wildman–Crippen LogP) is 8.36. The zero-order valence-electron chi connectivity index (χ0n) is 16.0. The van der Waals surface area contributed by atoms with E-state index in [1.54, 1.807) is 0 Å². The van der Waals surface area contributed by atoms with Gasteiger partial charge < -0.3 is 0 Å². The molecule has 0 aromatic carbocycles. The Morgan fingerprint density at radius 3 is 0.935 bits per heavy atom. The van der Waals surface area contributed by atoms with E-state index in [1.165, 1.54) is 13.8 Å². The molecule has 0 saturated heterocycles. The van der Waals surface area contributed by atoms with Gasteiger partial charge in [-0.3, -0.25) is 0 Å². The first kappa shape index (κ1) is 29.9. The van der Waals surface area contributed by atoms with Crippen molar-refractivity contribution in [3.63, 3.8) is 0 Å². The van der Waals surface area contributed by atoms with Crippen LogP contribution in [0.1, 0.15) is 52.4 Å². The lowest BCUT2D eigenvalue weighted by molar-refractivity contribution is -0.304. The smallest absolute Gasteiger partial charge is 0.207 e. The van der Waals surface area contributed by atoms with E-state index in [0.29, 0.717) is 0 Å². The van der Waals surface area contributed by atoms with Crippen LogP contribution in [-0.4, -0.2) is 41.7 Å². The van der Waals surface area contributed by atoms with Gasteiger partial charge >= 0.3 is 12.1 Å². The average Bonchev–Trinajstić information content (AvgIpc) is 2.25. The Kier molecular flexibility index (Phi) is 8.76. The summed E-state index contributed by atoms with van der Waals surface area (Å²) in [7, 11) is 0. The maximum Gasteiger partial charge on any atom is 0.453 e. The fraction of sp³-hybridized carbons (Fsp3) is 1.00. The van der Waals surface area contributed by atoms with Gasteiger partial charge in [-0.2, -0.15) is 22.0 Å². The van der Waals surface area contributed by atoms with Gasteiger partial charge in [-0.25, -0.2) is 43.9 Å². The van der Waals surface area contributed by atoms with Crippen molar-refractivity contribution in [3.05, 3.63) is 0 Å². The molecule has 0 atom stereocenters. The number of halogens is 15. The topological polar surface area (TPSA) is 0 Å². The fourth-order valence-electron chi connectivity index (χ4n) is 2.86. The van der Waals surface area contributed by atoms with Crippen LogP contribution >= 0.6 is 0 Å². The van der Waals surface area contributed by atoms with Crippen molar-refractivity contribution in [1.29, 1.82) is 0 Å². The van der Waals surface area contributed by atoms with Crippen molar-refractivity contribution < 1.29 is 65.9 Å². The van der Waals surface area contributed by atoms with E-state index < -0.39 is 86.2 Å². The second-order valence-electron chi connectivity index (χ2n) is 7.96. The van der Waals surface area contributed by atoms with Gasteiger partial charge in [0.15, 0.2) is 0 Å². The fourth-order valence-corrected chi connectivity index (χ4v) is 2.86. The molecule has 0 radical (unpaired) electrons. The van der Waals surface area contributed by atoms with Gasteiger partial charge in [-0.1, -0.05) is 13.8 Å². The van der Waals surface area contributed by atoms with E-state index in [1.807, 2.05) is 0 Å². The number of hydrogen-bond acceptors (Lipinski definition) is 0. The van der Waals surface area contributed by atoms with Gasteiger partial charge in [0.05, 0.1) is 32.1 Å². The van der Waals surface area contributed by atoms with Crippen molar-refractivity contribution in [2.24, 2.45) is 5.92 Å². The molecule has 0 aliphatic heterocycles. The standard InChI is InChI=1S/C16H19F15/c1-9(2)3-10(17,18)4-11(19,20)5-12(21,22)6-13(23,24)7-14(25,26)8-15(27,28)16(29,30)31/h9H,3-8H2,1-2H3. The molecule has 0 spiro atoms. The molecular weight excluding hydrogens is 477 g/mol. The summed E-state index contributed by atoms with van der Waals surface area (Å²) in [4.78, 5) is 0. The highest BCUT2D eigenvalue weighted by Gasteiger charge is 2.63. The lowest BCUT2D eigenvalue weighted by Crippen LogP contribution is -2.45. The van der Waals surface area contributed by atoms with Gasteiger partial charge in [0.25, 0.3) is 29.6 Å². The highest BCUT2D eigenvalue weighted by atomic mass is 19.4. The zero-order chi connectivity index (χ0) is 25.3. The Morgan fingerprint density at radius 1 is 0.419 bits per heavy atom. The van der Waals surface area contributed by atoms with Gasteiger partial charge in [0.1, 0.15) is 0 Å².